The molecule has 0 unspecified atom stereocenters. The highest BCUT2D eigenvalue weighted by molar-refractivity contribution is 7.18. The van der Waals surface area contributed by atoms with E-state index in [9.17, 15) is 4.79 Å². The van der Waals surface area contributed by atoms with Gasteiger partial charge in [0.15, 0.2) is 5.13 Å². The first-order valence-electron chi connectivity index (χ1n) is 8.21. The fourth-order valence-corrected chi connectivity index (χ4v) is 4.67. The molecule has 4 aromatic rings. The quantitative estimate of drug-likeness (QED) is 0.546. The first-order valence-corrected chi connectivity index (χ1v) is 9.84. The number of thiazole rings is 1. The lowest BCUT2D eigenvalue weighted by molar-refractivity contribution is 0.102. The molecule has 5 nitrogen and oxygen atoms in total. The minimum atomic E-state index is -0.169. The van der Waals surface area contributed by atoms with Crippen molar-refractivity contribution in [3.8, 4) is 10.6 Å². The molecule has 132 valence electrons. The van der Waals surface area contributed by atoms with Gasteiger partial charge in [-0.3, -0.25) is 10.1 Å². The Hall–Kier alpha value is -2.51. The van der Waals surface area contributed by atoms with Crippen LogP contribution in [0.5, 0.6) is 0 Å². The summed E-state index contributed by atoms with van der Waals surface area (Å²) in [7, 11) is 1.97. The predicted molar refractivity (Wildman–Crippen MR) is 108 cm³/mol. The molecule has 1 N–H and O–H groups in total. The fourth-order valence-electron chi connectivity index (χ4n) is 2.87. The molecule has 0 spiro atoms. The number of nitrogens with zero attached hydrogens (tertiary/aromatic N) is 3. The van der Waals surface area contributed by atoms with Gasteiger partial charge in [0.25, 0.3) is 5.91 Å². The number of fused-ring (bicyclic) bond motifs is 1. The van der Waals surface area contributed by atoms with Crippen LogP contribution in [-0.2, 0) is 7.05 Å². The number of hydrogen-bond donors (Lipinski definition) is 1. The highest BCUT2D eigenvalue weighted by atomic mass is 32.1. The summed E-state index contributed by atoms with van der Waals surface area (Å²) < 4.78 is 2.01. The maximum atomic E-state index is 12.6. The van der Waals surface area contributed by atoms with E-state index in [1.54, 1.807) is 11.3 Å². The minimum Gasteiger partial charge on any atom is -0.331 e. The van der Waals surface area contributed by atoms with Gasteiger partial charge in [-0.25, -0.2) is 9.97 Å². The van der Waals surface area contributed by atoms with Crippen molar-refractivity contribution in [3.63, 3.8) is 0 Å². The largest absolute Gasteiger partial charge is 0.331 e. The third-order valence-electron chi connectivity index (χ3n) is 4.36. The molecule has 0 radical (unpaired) electrons. The van der Waals surface area contributed by atoms with Gasteiger partial charge in [0.2, 0.25) is 0 Å². The first-order chi connectivity index (χ1) is 12.4. The lowest BCUT2D eigenvalue weighted by Crippen LogP contribution is -2.11. The zero-order chi connectivity index (χ0) is 18.4. The van der Waals surface area contributed by atoms with Crippen LogP contribution in [0.25, 0.3) is 21.6 Å². The van der Waals surface area contributed by atoms with Crippen LogP contribution >= 0.6 is 22.7 Å². The number of nitrogens with one attached hydrogen (secondary N) is 1. The number of aromatic nitrogens is 3. The van der Waals surface area contributed by atoms with Crippen molar-refractivity contribution in [3.05, 3.63) is 51.5 Å². The van der Waals surface area contributed by atoms with Crippen LogP contribution in [-0.4, -0.2) is 20.4 Å². The smallest absolute Gasteiger partial charge is 0.257 e. The summed E-state index contributed by atoms with van der Waals surface area (Å²) in [4.78, 5) is 25.2. The van der Waals surface area contributed by atoms with Crippen molar-refractivity contribution in [1.82, 2.24) is 14.5 Å². The Morgan fingerprint density at radius 3 is 2.62 bits per heavy atom. The summed E-state index contributed by atoms with van der Waals surface area (Å²) in [5, 5.41) is 3.54. The van der Waals surface area contributed by atoms with Crippen LogP contribution in [0.4, 0.5) is 5.13 Å². The number of carbonyl (C=O) groups excluding carboxylic acids is 1. The van der Waals surface area contributed by atoms with Crippen LogP contribution in [0.15, 0.2) is 30.3 Å². The van der Waals surface area contributed by atoms with E-state index >= 15 is 0 Å². The topological polar surface area (TPSA) is 59.8 Å². The Kier molecular flexibility index (Phi) is 4.13. The molecule has 0 bridgehead atoms. The standard InChI is InChI=1S/C19H18N4OS2/c1-10-5-8-16(25-10)17-11(2)26-19(21-17)22-18(24)13-6-7-15-14(9-13)20-12(3)23(15)4/h5-9H,1-4H3,(H,21,22,24). The molecule has 4 rings (SSSR count). The van der Waals surface area contributed by atoms with Gasteiger partial charge in [-0.05, 0) is 51.1 Å². The summed E-state index contributed by atoms with van der Waals surface area (Å²) in [5.74, 6) is 0.752. The van der Waals surface area contributed by atoms with Crippen molar-refractivity contribution >= 4 is 44.7 Å². The van der Waals surface area contributed by atoms with Gasteiger partial charge in [0.05, 0.1) is 21.6 Å². The fraction of sp³-hybridized carbons (Fsp3) is 0.211. The van der Waals surface area contributed by atoms with Crippen molar-refractivity contribution in [1.29, 1.82) is 0 Å². The number of amides is 1. The van der Waals surface area contributed by atoms with Gasteiger partial charge in [0, 0.05) is 22.4 Å². The van der Waals surface area contributed by atoms with Crippen LogP contribution in [0.3, 0.4) is 0 Å². The number of benzene rings is 1. The molecular weight excluding hydrogens is 364 g/mol. The second-order valence-electron chi connectivity index (χ2n) is 6.21. The molecule has 1 amide bonds. The molecule has 7 heteroatoms. The molecule has 3 heterocycles. The number of imidazole rings is 1. The Balaban J connectivity index is 1.60. The Morgan fingerprint density at radius 2 is 1.88 bits per heavy atom. The maximum absolute atomic E-state index is 12.6. The number of anilines is 1. The number of aryl methyl sites for hydroxylation is 4. The highest BCUT2D eigenvalue weighted by Gasteiger charge is 2.15. The molecule has 0 aliphatic rings. The average molecular weight is 383 g/mol. The third kappa shape index (κ3) is 2.93. The first kappa shape index (κ1) is 16.9. The van der Waals surface area contributed by atoms with E-state index in [2.05, 4.69) is 34.3 Å². The van der Waals surface area contributed by atoms with Gasteiger partial charge in [-0.2, -0.15) is 0 Å². The van der Waals surface area contributed by atoms with E-state index in [1.165, 1.54) is 16.2 Å². The summed E-state index contributed by atoms with van der Waals surface area (Å²) in [6.45, 7) is 6.06. The molecular formula is C19H18N4OS2. The van der Waals surface area contributed by atoms with Crippen molar-refractivity contribution in [2.24, 2.45) is 7.05 Å². The number of thiophene rings is 1. The Morgan fingerprint density at radius 1 is 1.08 bits per heavy atom. The summed E-state index contributed by atoms with van der Waals surface area (Å²) >= 11 is 3.21. The molecule has 0 saturated heterocycles. The number of rotatable bonds is 3. The summed E-state index contributed by atoms with van der Waals surface area (Å²) in [5.41, 5.74) is 3.36. The van der Waals surface area contributed by atoms with Gasteiger partial charge < -0.3 is 4.57 Å². The minimum absolute atomic E-state index is 0.169. The SMILES string of the molecule is Cc1ccc(-c2nc(NC(=O)c3ccc4c(c3)nc(C)n4C)sc2C)s1. The Labute approximate surface area is 159 Å². The van der Waals surface area contributed by atoms with E-state index in [1.807, 2.05) is 43.7 Å². The van der Waals surface area contributed by atoms with Crippen molar-refractivity contribution < 1.29 is 4.79 Å². The van der Waals surface area contributed by atoms with Gasteiger partial charge in [-0.1, -0.05) is 0 Å². The maximum Gasteiger partial charge on any atom is 0.257 e. The van der Waals surface area contributed by atoms with Gasteiger partial charge >= 0.3 is 0 Å². The summed E-state index contributed by atoms with van der Waals surface area (Å²) in [6, 6.07) is 9.73. The molecule has 0 fully saturated rings. The lowest BCUT2D eigenvalue weighted by atomic mass is 10.2. The van der Waals surface area contributed by atoms with Crippen LogP contribution in [0, 0.1) is 20.8 Å². The molecule has 0 saturated carbocycles. The average Bonchev–Trinajstić information content (AvgIpc) is 3.26. The summed E-state index contributed by atoms with van der Waals surface area (Å²) in [6.07, 6.45) is 0. The van der Waals surface area contributed by atoms with Crippen molar-refractivity contribution in [2.45, 2.75) is 20.8 Å². The van der Waals surface area contributed by atoms with E-state index in [0.29, 0.717) is 10.7 Å². The van der Waals surface area contributed by atoms with Gasteiger partial charge in [0.1, 0.15) is 5.82 Å². The van der Waals surface area contributed by atoms with Gasteiger partial charge in [-0.15, -0.1) is 22.7 Å². The molecule has 0 atom stereocenters. The zero-order valence-corrected chi connectivity index (χ0v) is 16.6. The van der Waals surface area contributed by atoms with E-state index in [-0.39, 0.29) is 5.91 Å². The van der Waals surface area contributed by atoms with Crippen LogP contribution in [0.1, 0.15) is 25.9 Å². The van der Waals surface area contributed by atoms with E-state index < -0.39 is 0 Å². The monoisotopic (exact) mass is 382 g/mol. The molecule has 26 heavy (non-hydrogen) atoms. The zero-order valence-electron chi connectivity index (χ0n) is 15.0. The third-order valence-corrected chi connectivity index (χ3v) is 6.25. The molecule has 1 aromatic carbocycles. The normalized spacial score (nSPS) is 11.2. The number of hydrogen-bond acceptors (Lipinski definition) is 5. The van der Waals surface area contributed by atoms with E-state index in [4.69, 9.17) is 0 Å². The second kappa shape index (κ2) is 6.34. The lowest BCUT2D eigenvalue weighted by Gasteiger charge is -2.02. The molecule has 0 aliphatic heterocycles. The second-order valence-corrected chi connectivity index (χ2v) is 8.70. The highest BCUT2D eigenvalue weighted by Crippen LogP contribution is 2.34. The predicted octanol–water partition coefficient (Wildman–Crippen LogP) is 4.94. The van der Waals surface area contributed by atoms with Crippen LogP contribution in [0.2, 0.25) is 0 Å². The Bertz CT molecular complexity index is 1140. The van der Waals surface area contributed by atoms with Crippen LogP contribution < -0.4 is 5.32 Å². The van der Waals surface area contributed by atoms with E-state index in [0.717, 1.165) is 32.3 Å². The van der Waals surface area contributed by atoms with Crippen molar-refractivity contribution in [2.75, 3.05) is 5.32 Å². The molecule has 0 aliphatic carbocycles. The molecule has 3 aromatic heterocycles. The number of carbonyl (C=O) groups is 1.